The van der Waals surface area contributed by atoms with Crippen molar-refractivity contribution in [2.45, 2.75) is 117 Å². The second-order valence-corrected chi connectivity index (χ2v) is 19.4. The number of benzene rings is 2. The first-order valence-corrected chi connectivity index (χ1v) is 23.4. The van der Waals surface area contributed by atoms with Crippen LogP contribution in [0.15, 0.2) is 73.4 Å². The van der Waals surface area contributed by atoms with Gasteiger partial charge in [0.05, 0.1) is 30.0 Å². The van der Waals surface area contributed by atoms with Gasteiger partial charge in [0.2, 0.25) is 17.7 Å². The molecule has 2 saturated heterocycles. The summed E-state index contributed by atoms with van der Waals surface area (Å²) in [5, 5.41) is 5.59. The van der Waals surface area contributed by atoms with Gasteiger partial charge in [-0.15, -0.1) is 0 Å². The number of esters is 1. The third kappa shape index (κ3) is 9.67. The summed E-state index contributed by atoms with van der Waals surface area (Å²) in [6.07, 6.45) is 5.01. The van der Waals surface area contributed by atoms with E-state index in [1.165, 1.54) is 16.0 Å². The molecule has 352 valence electrons. The number of pyridine rings is 1. The van der Waals surface area contributed by atoms with E-state index in [1.807, 2.05) is 45.9 Å². The van der Waals surface area contributed by atoms with Crippen molar-refractivity contribution < 1.29 is 33.4 Å². The van der Waals surface area contributed by atoms with Crippen LogP contribution in [0.25, 0.3) is 33.3 Å². The Kier molecular flexibility index (Phi) is 14.5. The first-order chi connectivity index (χ1) is 31.5. The first-order valence-electron chi connectivity index (χ1n) is 23.4. The van der Waals surface area contributed by atoms with Crippen molar-refractivity contribution in [3.05, 3.63) is 90.3 Å². The minimum absolute atomic E-state index is 0.135. The molecule has 66 heavy (non-hydrogen) atoms. The third-order valence-electron chi connectivity index (χ3n) is 13.8. The monoisotopic (exact) mass is 902 g/mol. The van der Waals surface area contributed by atoms with Crippen molar-refractivity contribution in [2.75, 3.05) is 33.9 Å². The number of cyclic esters (lactones) is 1. The summed E-state index contributed by atoms with van der Waals surface area (Å²) in [5.74, 6) is -2.61. The summed E-state index contributed by atoms with van der Waals surface area (Å²) in [4.78, 5) is 77.8. The van der Waals surface area contributed by atoms with E-state index in [0.717, 1.165) is 50.1 Å². The van der Waals surface area contributed by atoms with Crippen LogP contribution in [0.1, 0.15) is 90.7 Å². The molecule has 0 saturated carbocycles. The van der Waals surface area contributed by atoms with Gasteiger partial charge < -0.3 is 29.2 Å². The lowest BCUT2D eigenvalue weighted by molar-refractivity contribution is -0.155. The molecule has 2 aromatic heterocycles. The smallest absolute Gasteiger partial charge is 0.324 e. The molecule has 3 aliphatic rings. The molecule has 3 aliphatic heterocycles. The van der Waals surface area contributed by atoms with Crippen LogP contribution in [0.2, 0.25) is 0 Å². The van der Waals surface area contributed by atoms with Gasteiger partial charge in [-0.2, -0.15) is 0 Å². The molecule has 14 heteroatoms. The number of hydrogen-bond donors (Lipinski definition) is 2. The van der Waals surface area contributed by atoms with Crippen LogP contribution in [0.5, 0.6) is 0 Å². The van der Waals surface area contributed by atoms with Crippen molar-refractivity contribution in [3.63, 3.8) is 0 Å². The molecular formula is C52H67N7O7. The summed E-state index contributed by atoms with van der Waals surface area (Å²) in [6.45, 7) is 19.1. The number of carbonyl (C=O) groups excluding carboxylic acids is 5. The summed E-state index contributed by atoms with van der Waals surface area (Å²) in [6, 6.07) is 15.5. The molecule has 4 amide bonds. The summed E-state index contributed by atoms with van der Waals surface area (Å²) in [7, 11) is 3.31. The summed E-state index contributed by atoms with van der Waals surface area (Å²) in [5.41, 5.74) is 10.5. The molecule has 6 atom stereocenters. The van der Waals surface area contributed by atoms with E-state index >= 15 is 0 Å². The number of aryl methyl sites for hydroxylation is 1. The minimum atomic E-state index is -1.05. The second-order valence-electron chi connectivity index (χ2n) is 19.4. The number of likely N-dealkylation sites (N-methyl/N-ethyl adjacent to an activating group) is 1. The lowest BCUT2D eigenvalue weighted by Crippen LogP contribution is -2.62. The number of nitrogens with zero attached hydrogens (tertiary/aromatic N) is 5. The van der Waals surface area contributed by atoms with Gasteiger partial charge in [0.15, 0.2) is 0 Å². The Morgan fingerprint density at radius 3 is 2.53 bits per heavy atom. The fraction of sp³-hybridized carbons (Fsp3) is 0.500. The van der Waals surface area contributed by atoms with E-state index in [2.05, 4.69) is 79.1 Å². The van der Waals surface area contributed by atoms with Crippen LogP contribution < -0.4 is 10.7 Å². The van der Waals surface area contributed by atoms with Gasteiger partial charge in [0.25, 0.3) is 5.91 Å². The Morgan fingerprint density at radius 2 is 1.82 bits per heavy atom. The highest BCUT2D eigenvalue weighted by Crippen LogP contribution is 2.42. The maximum absolute atomic E-state index is 14.7. The van der Waals surface area contributed by atoms with E-state index in [4.69, 9.17) is 14.5 Å². The topological polar surface area (TPSA) is 155 Å². The number of methoxy groups -OCH3 is 1. The fourth-order valence-corrected chi connectivity index (χ4v) is 10.3. The third-order valence-corrected chi connectivity index (χ3v) is 13.8. The number of carbonyl (C=O) groups is 5. The summed E-state index contributed by atoms with van der Waals surface area (Å²) >= 11 is 0. The van der Waals surface area contributed by atoms with E-state index in [1.54, 1.807) is 25.3 Å². The van der Waals surface area contributed by atoms with E-state index in [-0.39, 0.29) is 42.9 Å². The van der Waals surface area contributed by atoms with Gasteiger partial charge in [-0.3, -0.25) is 34.0 Å². The highest BCUT2D eigenvalue weighted by Gasteiger charge is 2.43. The Balaban J connectivity index is 1.29. The van der Waals surface area contributed by atoms with Crippen LogP contribution in [-0.4, -0.2) is 112 Å². The molecule has 7 rings (SSSR count). The highest BCUT2D eigenvalue weighted by atomic mass is 16.5. The number of ether oxygens (including phenoxy) is 2. The number of hydrazine groups is 1. The average Bonchev–Trinajstić information content (AvgIpc) is 3.85. The maximum atomic E-state index is 14.7. The fourth-order valence-electron chi connectivity index (χ4n) is 10.3. The van der Waals surface area contributed by atoms with Crippen LogP contribution in [0.3, 0.4) is 0 Å². The number of hydrogen-bond acceptors (Lipinski definition) is 9. The quantitative estimate of drug-likeness (QED) is 0.132. The molecule has 4 aromatic rings. The molecule has 2 aromatic carbocycles. The normalized spacial score (nSPS) is 22.1. The molecule has 6 bridgehead atoms. The molecule has 2 fully saturated rings. The Labute approximate surface area is 389 Å². The minimum Gasteiger partial charge on any atom is -0.464 e. The molecule has 0 radical (unpaired) electrons. The Hall–Kier alpha value is -5.86. The number of nitrogens with one attached hydrogen (secondary N) is 2. The number of likely N-dealkylation sites (tertiary alicyclic amines) is 1. The van der Waals surface area contributed by atoms with Gasteiger partial charge in [-0.05, 0) is 105 Å². The number of rotatable bonds is 10. The molecule has 0 aliphatic carbocycles. The lowest BCUT2D eigenvalue weighted by atomic mass is 9.84. The van der Waals surface area contributed by atoms with E-state index in [9.17, 15) is 24.0 Å². The van der Waals surface area contributed by atoms with Gasteiger partial charge in [0.1, 0.15) is 18.1 Å². The predicted octanol–water partition coefficient (Wildman–Crippen LogP) is 6.65. The van der Waals surface area contributed by atoms with Crippen molar-refractivity contribution in [1.82, 2.24) is 35.1 Å². The van der Waals surface area contributed by atoms with Crippen LogP contribution in [0.4, 0.5) is 0 Å². The molecule has 0 unspecified atom stereocenters. The predicted molar refractivity (Wildman–Crippen MR) is 255 cm³/mol. The van der Waals surface area contributed by atoms with Gasteiger partial charge in [-0.25, -0.2) is 5.43 Å². The zero-order valence-corrected chi connectivity index (χ0v) is 40.1. The largest absolute Gasteiger partial charge is 0.464 e. The van der Waals surface area contributed by atoms with E-state index in [0.29, 0.717) is 45.3 Å². The molecule has 5 heterocycles. The molecule has 0 spiro atoms. The van der Waals surface area contributed by atoms with Crippen LogP contribution >= 0.6 is 0 Å². The lowest BCUT2D eigenvalue weighted by Gasteiger charge is -2.37. The SMILES string of the molecule is C=CC(=O)N1CC[C@H](C(=O)N(C)[C@H](C(=O)N[C@H]2Cc3cccc(c3)-c3ccc4c(c3)c(c(-c3cccnc3[C@H](C)OC)n4CC)CC(C)(C)COC(=O)[C@@H]3CCCN(N3)C2=O)C(C)C)[C@@H]1C. The van der Waals surface area contributed by atoms with Crippen LogP contribution in [0, 0.1) is 17.3 Å². The van der Waals surface area contributed by atoms with Gasteiger partial charge >= 0.3 is 5.97 Å². The number of fused-ring (bicyclic) bond motifs is 6. The number of aromatic nitrogens is 2. The zero-order chi connectivity index (χ0) is 47.6. The van der Waals surface area contributed by atoms with Crippen molar-refractivity contribution in [2.24, 2.45) is 17.3 Å². The Morgan fingerprint density at radius 1 is 1.06 bits per heavy atom. The molecular weight excluding hydrogens is 835 g/mol. The first kappa shape index (κ1) is 48.1. The van der Waals surface area contributed by atoms with Crippen molar-refractivity contribution in [1.29, 1.82) is 0 Å². The maximum Gasteiger partial charge on any atom is 0.324 e. The van der Waals surface area contributed by atoms with Crippen molar-refractivity contribution >= 4 is 40.5 Å². The van der Waals surface area contributed by atoms with Crippen molar-refractivity contribution in [3.8, 4) is 22.4 Å². The van der Waals surface area contributed by atoms with E-state index < -0.39 is 47.2 Å². The van der Waals surface area contributed by atoms with Crippen LogP contribution in [-0.2, 0) is 52.8 Å². The molecule has 2 N–H and O–H groups in total. The standard InChI is InChI=1S/C52H67N7O7/c1-11-44(60)58-25-22-37(32(58)5)49(62)56(9)46(31(3)4)48(61)54-42-27-34-16-13-17-35(26-34)36-20-21-43-39(28-36)40(47(57(43)12-2)38-18-14-23-53-45(38)33(6)65-10)29-52(7,8)30-66-51(64)41-19-15-24-59(55-41)50(42)63/h11,13-14,16-18,20-21,23,26,28,31-33,37,41-42,46,55H,1,12,15,19,22,24-25,27,29-30H2,2-10H3,(H,54,61)/t32-,33-,37-,41-,42-,46-/m0/s1. The number of amides is 4. The van der Waals surface area contributed by atoms with Gasteiger partial charge in [-0.1, -0.05) is 64.6 Å². The summed E-state index contributed by atoms with van der Waals surface area (Å²) < 4.78 is 14.3. The second kappa shape index (κ2) is 19.9. The molecule has 14 nitrogen and oxygen atoms in total. The zero-order valence-electron chi connectivity index (χ0n) is 40.1. The van der Waals surface area contributed by atoms with Gasteiger partial charge in [0, 0.05) is 74.3 Å². The Bertz CT molecular complexity index is 2500. The average molecular weight is 902 g/mol. The highest BCUT2D eigenvalue weighted by molar-refractivity contribution is 5.96.